The Morgan fingerprint density at radius 2 is 1.79 bits per heavy atom. The van der Waals surface area contributed by atoms with Gasteiger partial charge in [0, 0.05) is 5.92 Å². The lowest BCUT2D eigenvalue weighted by Gasteiger charge is -2.21. The molecule has 0 amide bonds. The van der Waals surface area contributed by atoms with E-state index in [-0.39, 0.29) is 6.10 Å². The molecule has 2 aromatic rings. The number of fused-ring (bicyclic) bond motifs is 1. The van der Waals surface area contributed by atoms with Crippen molar-refractivity contribution in [3.8, 4) is 5.75 Å². The Hall–Kier alpha value is -1.76. The highest BCUT2D eigenvalue weighted by molar-refractivity contribution is 5.40. The number of aryl methyl sites for hydroxylation is 1. The maximum absolute atomic E-state index is 6.33. The van der Waals surface area contributed by atoms with Gasteiger partial charge in [0.25, 0.3) is 0 Å². The van der Waals surface area contributed by atoms with Crippen molar-refractivity contribution in [2.45, 2.75) is 33.3 Å². The van der Waals surface area contributed by atoms with Crippen LogP contribution >= 0.6 is 0 Å². The Labute approximate surface area is 115 Å². The number of rotatable bonds is 2. The van der Waals surface area contributed by atoms with Crippen LogP contribution in [-0.4, -0.2) is 0 Å². The summed E-state index contributed by atoms with van der Waals surface area (Å²) in [6.07, 6.45) is 1.31. The van der Waals surface area contributed by atoms with Gasteiger partial charge in [-0.1, -0.05) is 43.3 Å². The second-order valence-electron chi connectivity index (χ2n) is 5.62. The van der Waals surface area contributed by atoms with Crippen LogP contribution in [0.1, 0.15) is 35.3 Å². The third-order valence-electron chi connectivity index (χ3n) is 4.23. The maximum atomic E-state index is 6.33. The van der Waals surface area contributed by atoms with Gasteiger partial charge < -0.3 is 4.74 Å². The van der Waals surface area contributed by atoms with Crippen LogP contribution in [0.5, 0.6) is 5.75 Å². The molecule has 0 N–H and O–H groups in total. The van der Waals surface area contributed by atoms with E-state index in [0.29, 0.717) is 5.92 Å². The first-order valence-corrected chi connectivity index (χ1v) is 6.97. The van der Waals surface area contributed by atoms with Gasteiger partial charge in [-0.05, 0) is 48.6 Å². The zero-order valence-electron chi connectivity index (χ0n) is 11.8. The summed E-state index contributed by atoms with van der Waals surface area (Å²) in [5.41, 5.74) is 5.33. The molecule has 0 spiro atoms. The van der Waals surface area contributed by atoms with E-state index in [0.717, 1.165) is 12.2 Å². The van der Waals surface area contributed by atoms with Crippen LogP contribution in [0.3, 0.4) is 0 Å². The van der Waals surface area contributed by atoms with Crippen LogP contribution in [0.4, 0.5) is 0 Å². The van der Waals surface area contributed by atoms with Crippen LogP contribution in [0.2, 0.25) is 0 Å². The van der Waals surface area contributed by atoms with Gasteiger partial charge in [0.05, 0.1) is 0 Å². The molecule has 1 nitrogen and oxygen atoms in total. The average molecular weight is 252 g/mol. The van der Waals surface area contributed by atoms with E-state index in [1.165, 1.54) is 22.3 Å². The molecule has 2 aromatic carbocycles. The highest BCUT2D eigenvalue weighted by atomic mass is 16.5. The summed E-state index contributed by atoms with van der Waals surface area (Å²) in [5, 5.41) is 0. The summed E-state index contributed by atoms with van der Waals surface area (Å²) in [6, 6.07) is 14.9. The van der Waals surface area contributed by atoms with Crippen molar-refractivity contribution in [1.29, 1.82) is 0 Å². The smallest absolute Gasteiger partial charge is 0.127 e. The fourth-order valence-electron chi connectivity index (χ4n) is 2.93. The molecule has 2 atom stereocenters. The zero-order valence-corrected chi connectivity index (χ0v) is 11.8. The molecule has 0 aromatic heterocycles. The largest absolute Gasteiger partial charge is 0.485 e. The van der Waals surface area contributed by atoms with Gasteiger partial charge in [-0.3, -0.25) is 0 Å². The van der Waals surface area contributed by atoms with Gasteiger partial charge in [0.15, 0.2) is 0 Å². The summed E-state index contributed by atoms with van der Waals surface area (Å²) in [7, 11) is 0. The topological polar surface area (TPSA) is 9.23 Å². The molecule has 1 aliphatic rings. The van der Waals surface area contributed by atoms with Gasteiger partial charge in [-0.25, -0.2) is 0 Å². The molecule has 0 saturated heterocycles. The molecular formula is C18H20O. The fraction of sp³-hybridized carbons (Fsp3) is 0.333. The monoisotopic (exact) mass is 252 g/mol. The predicted molar refractivity (Wildman–Crippen MR) is 78.6 cm³/mol. The van der Waals surface area contributed by atoms with Gasteiger partial charge >= 0.3 is 0 Å². The molecule has 3 rings (SSSR count). The molecule has 0 fully saturated rings. The summed E-state index contributed by atoms with van der Waals surface area (Å²) in [5.74, 6) is 1.56. The summed E-state index contributed by atoms with van der Waals surface area (Å²) < 4.78 is 6.33. The van der Waals surface area contributed by atoms with Crippen molar-refractivity contribution in [2.24, 2.45) is 5.92 Å². The first kappa shape index (κ1) is 12.3. The number of hydrogen-bond donors (Lipinski definition) is 0. The molecule has 1 unspecified atom stereocenters. The lowest BCUT2D eigenvalue weighted by atomic mass is 10.0. The molecule has 1 heteroatoms. The molecule has 0 radical (unpaired) electrons. The number of hydrogen-bond acceptors (Lipinski definition) is 1. The number of ether oxygens (including phenoxy) is 1. The SMILES string of the molecule is Cc1cccc(OC2c3ccccc3C[C@H]2C)c1C. The minimum Gasteiger partial charge on any atom is -0.485 e. The molecule has 0 aliphatic heterocycles. The summed E-state index contributed by atoms with van der Waals surface area (Å²) in [4.78, 5) is 0. The van der Waals surface area contributed by atoms with E-state index in [2.05, 4.69) is 63.2 Å². The van der Waals surface area contributed by atoms with Crippen LogP contribution < -0.4 is 4.74 Å². The quantitative estimate of drug-likeness (QED) is 0.758. The zero-order chi connectivity index (χ0) is 13.4. The predicted octanol–water partition coefficient (Wildman–Crippen LogP) is 4.62. The van der Waals surface area contributed by atoms with E-state index >= 15 is 0 Å². The highest BCUT2D eigenvalue weighted by Crippen LogP contribution is 2.39. The van der Waals surface area contributed by atoms with Gasteiger partial charge in [0.1, 0.15) is 11.9 Å². The van der Waals surface area contributed by atoms with Crippen molar-refractivity contribution in [1.82, 2.24) is 0 Å². The minimum atomic E-state index is 0.191. The number of benzene rings is 2. The fourth-order valence-corrected chi connectivity index (χ4v) is 2.93. The second kappa shape index (κ2) is 4.73. The van der Waals surface area contributed by atoms with Crippen molar-refractivity contribution >= 4 is 0 Å². The van der Waals surface area contributed by atoms with E-state index in [1.54, 1.807) is 0 Å². The van der Waals surface area contributed by atoms with Gasteiger partial charge in [-0.15, -0.1) is 0 Å². The van der Waals surface area contributed by atoms with Crippen molar-refractivity contribution in [3.05, 3.63) is 64.7 Å². The Kier molecular flexibility index (Phi) is 3.06. The molecule has 19 heavy (non-hydrogen) atoms. The maximum Gasteiger partial charge on any atom is 0.127 e. The highest BCUT2D eigenvalue weighted by Gasteiger charge is 2.30. The average Bonchev–Trinajstić information content (AvgIpc) is 2.72. The van der Waals surface area contributed by atoms with Crippen LogP contribution in [-0.2, 0) is 6.42 Å². The third-order valence-corrected chi connectivity index (χ3v) is 4.23. The van der Waals surface area contributed by atoms with Gasteiger partial charge in [-0.2, -0.15) is 0 Å². The van der Waals surface area contributed by atoms with E-state index in [4.69, 9.17) is 4.74 Å². The van der Waals surface area contributed by atoms with Crippen molar-refractivity contribution in [2.75, 3.05) is 0 Å². The lowest BCUT2D eigenvalue weighted by molar-refractivity contribution is 0.158. The Morgan fingerprint density at radius 1 is 1.00 bits per heavy atom. The van der Waals surface area contributed by atoms with Crippen LogP contribution in [0.15, 0.2) is 42.5 Å². The first-order chi connectivity index (χ1) is 9.16. The van der Waals surface area contributed by atoms with Crippen molar-refractivity contribution in [3.63, 3.8) is 0 Å². The summed E-state index contributed by atoms with van der Waals surface area (Å²) in [6.45, 7) is 6.54. The van der Waals surface area contributed by atoms with Crippen LogP contribution in [0, 0.1) is 19.8 Å². The van der Waals surface area contributed by atoms with Crippen molar-refractivity contribution < 1.29 is 4.74 Å². The summed E-state index contributed by atoms with van der Waals surface area (Å²) >= 11 is 0. The molecule has 1 aliphatic carbocycles. The Morgan fingerprint density at radius 3 is 2.63 bits per heavy atom. The molecule has 98 valence electrons. The third kappa shape index (κ3) is 2.14. The van der Waals surface area contributed by atoms with E-state index in [1.807, 2.05) is 0 Å². The van der Waals surface area contributed by atoms with E-state index in [9.17, 15) is 0 Å². The van der Waals surface area contributed by atoms with Gasteiger partial charge in [0.2, 0.25) is 0 Å². The first-order valence-electron chi connectivity index (χ1n) is 6.97. The minimum absolute atomic E-state index is 0.191. The van der Waals surface area contributed by atoms with E-state index < -0.39 is 0 Å². The lowest BCUT2D eigenvalue weighted by Crippen LogP contribution is -2.12. The Balaban J connectivity index is 1.93. The van der Waals surface area contributed by atoms with Crippen LogP contribution in [0.25, 0.3) is 0 Å². The normalized spacial score (nSPS) is 21.2. The molecule has 0 saturated carbocycles. The standard InChI is InChI=1S/C18H20O/c1-12-7-6-10-17(14(12)3)19-18-13(2)11-15-8-4-5-9-16(15)18/h4-10,13,18H,11H2,1-3H3/t13-,18?/m1/s1. The second-order valence-corrected chi connectivity index (χ2v) is 5.62. The molecule has 0 heterocycles. The molecular weight excluding hydrogens is 232 g/mol. The Bertz CT molecular complexity index is 600. The molecule has 0 bridgehead atoms.